The summed E-state index contributed by atoms with van der Waals surface area (Å²) in [6.45, 7) is 0.536. The van der Waals surface area contributed by atoms with Crippen molar-refractivity contribution in [3.05, 3.63) is 77.6 Å². The molecule has 11 heteroatoms. The summed E-state index contributed by atoms with van der Waals surface area (Å²) in [6, 6.07) is 14.8. The molecule has 35 heavy (non-hydrogen) atoms. The second-order valence-corrected chi connectivity index (χ2v) is 10.4. The highest BCUT2D eigenvalue weighted by Crippen LogP contribution is 2.48. The third-order valence-corrected chi connectivity index (χ3v) is 8.02. The zero-order valence-corrected chi connectivity index (χ0v) is 19.5. The number of carbonyl (C=O) groups excluding carboxylic acids is 1. The van der Waals surface area contributed by atoms with Crippen LogP contribution in [0.25, 0.3) is 5.69 Å². The van der Waals surface area contributed by atoms with E-state index in [0.717, 1.165) is 6.07 Å². The van der Waals surface area contributed by atoms with Gasteiger partial charge < -0.3 is 14.2 Å². The molecule has 1 spiro atoms. The van der Waals surface area contributed by atoms with Crippen LogP contribution in [0.4, 0.5) is 13.2 Å². The Morgan fingerprint density at radius 3 is 2.29 bits per heavy atom. The van der Waals surface area contributed by atoms with Gasteiger partial charge in [-0.2, -0.15) is 13.2 Å². The number of nitrogens with one attached hydrogen (secondary N) is 1. The van der Waals surface area contributed by atoms with Crippen LogP contribution in [0.2, 0.25) is 0 Å². The highest BCUT2D eigenvalue weighted by Gasteiger charge is 2.48. The van der Waals surface area contributed by atoms with Crippen molar-refractivity contribution < 1.29 is 31.1 Å². The van der Waals surface area contributed by atoms with Crippen molar-refractivity contribution >= 4 is 15.9 Å². The van der Waals surface area contributed by atoms with Crippen LogP contribution in [0.1, 0.15) is 34.6 Å². The molecular formula is C24H22F3N3O4S. The first-order valence-electron chi connectivity index (χ1n) is 11.0. The highest BCUT2D eigenvalue weighted by atomic mass is 32.2. The maximum absolute atomic E-state index is 13.8. The standard InChI is InChI=1S/C24H22F3N3O4S/c1-28-35(32,33)17-8-6-16(7-9-17)22(31)29-14-12-23(13-15-29)20-10-11-21(24(25,26)27)30(20)18-4-2-3-5-19(18)34-23/h2-11,28H,12-15H2,1H3. The second kappa shape index (κ2) is 8.13. The molecule has 2 aliphatic heterocycles. The molecule has 184 valence electrons. The van der Waals surface area contributed by atoms with E-state index in [1.165, 1.54) is 41.9 Å². The summed E-state index contributed by atoms with van der Waals surface area (Å²) < 4.78 is 74.9. The topological polar surface area (TPSA) is 80.6 Å². The first-order valence-corrected chi connectivity index (χ1v) is 12.4. The van der Waals surface area contributed by atoms with E-state index < -0.39 is 27.5 Å². The fraction of sp³-hybridized carbons (Fsp3) is 0.292. The third-order valence-electron chi connectivity index (χ3n) is 6.59. The van der Waals surface area contributed by atoms with Gasteiger partial charge in [-0.1, -0.05) is 12.1 Å². The maximum atomic E-state index is 13.8. The molecule has 1 aromatic heterocycles. The van der Waals surface area contributed by atoms with E-state index >= 15 is 0 Å². The van der Waals surface area contributed by atoms with Gasteiger partial charge in [0.05, 0.1) is 16.3 Å². The van der Waals surface area contributed by atoms with Crippen LogP contribution in [-0.2, 0) is 21.8 Å². The monoisotopic (exact) mass is 505 g/mol. The number of hydrogen-bond donors (Lipinski definition) is 1. The lowest BCUT2D eigenvalue weighted by atomic mass is 9.86. The molecule has 2 aliphatic rings. The van der Waals surface area contributed by atoms with E-state index in [1.54, 1.807) is 29.2 Å². The number of piperidine rings is 1. The molecule has 7 nitrogen and oxygen atoms in total. The Morgan fingerprint density at radius 1 is 1.00 bits per heavy atom. The van der Waals surface area contributed by atoms with Crippen molar-refractivity contribution in [3.63, 3.8) is 0 Å². The Hall–Kier alpha value is -3.31. The number of fused-ring (bicyclic) bond motifs is 4. The average Bonchev–Trinajstić information content (AvgIpc) is 3.32. The van der Waals surface area contributed by atoms with Gasteiger partial charge in [0.25, 0.3) is 5.91 Å². The van der Waals surface area contributed by atoms with E-state index in [9.17, 15) is 26.4 Å². The number of likely N-dealkylation sites (tertiary alicyclic amines) is 1. The SMILES string of the molecule is CNS(=O)(=O)c1ccc(C(=O)N2CCC3(CC2)Oc2ccccc2-n2c(C(F)(F)F)ccc23)cc1. The molecule has 0 bridgehead atoms. The summed E-state index contributed by atoms with van der Waals surface area (Å²) in [4.78, 5) is 14.7. The number of ether oxygens (including phenoxy) is 1. The molecule has 0 atom stereocenters. The van der Waals surface area contributed by atoms with Gasteiger partial charge in [-0.15, -0.1) is 0 Å². The number of amides is 1. The van der Waals surface area contributed by atoms with Crippen LogP contribution >= 0.6 is 0 Å². The smallest absolute Gasteiger partial charge is 0.431 e. The zero-order chi connectivity index (χ0) is 25.0. The Balaban J connectivity index is 1.41. The highest BCUT2D eigenvalue weighted by molar-refractivity contribution is 7.89. The van der Waals surface area contributed by atoms with E-state index in [1.807, 2.05) is 0 Å². The Morgan fingerprint density at radius 2 is 1.66 bits per heavy atom. The molecule has 0 unspecified atom stereocenters. The first kappa shape index (κ1) is 23.4. The lowest BCUT2D eigenvalue weighted by molar-refractivity contribution is -0.143. The summed E-state index contributed by atoms with van der Waals surface area (Å²) in [5.74, 6) is 0.0821. The van der Waals surface area contributed by atoms with Crippen LogP contribution < -0.4 is 9.46 Å². The molecule has 1 saturated heterocycles. The molecular weight excluding hydrogens is 483 g/mol. The molecule has 0 saturated carbocycles. The number of rotatable bonds is 3. The summed E-state index contributed by atoms with van der Waals surface area (Å²) in [5, 5.41) is 0. The largest absolute Gasteiger partial charge is 0.479 e. The Bertz CT molecular complexity index is 1390. The van der Waals surface area contributed by atoms with Gasteiger partial charge >= 0.3 is 6.18 Å². The normalized spacial score (nSPS) is 17.0. The van der Waals surface area contributed by atoms with E-state index in [-0.39, 0.29) is 23.9 Å². The van der Waals surface area contributed by atoms with Crippen LogP contribution in [0.15, 0.2) is 65.6 Å². The van der Waals surface area contributed by atoms with Crippen molar-refractivity contribution in [2.45, 2.75) is 29.5 Å². The molecule has 2 aromatic carbocycles. The molecule has 1 N–H and O–H groups in total. The molecule has 0 aliphatic carbocycles. The Labute approximate surface area is 200 Å². The fourth-order valence-electron chi connectivity index (χ4n) is 4.77. The summed E-state index contributed by atoms with van der Waals surface area (Å²) >= 11 is 0. The minimum Gasteiger partial charge on any atom is -0.479 e. The molecule has 1 amide bonds. The minimum atomic E-state index is -4.53. The van der Waals surface area contributed by atoms with Crippen LogP contribution in [-0.4, -0.2) is 43.9 Å². The van der Waals surface area contributed by atoms with Gasteiger partial charge in [-0.3, -0.25) is 4.79 Å². The van der Waals surface area contributed by atoms with Crippen molar-refractivity contribution in [2.75, 3.05) is 20.1 Å². The number of para-hydroxylation sites is 2. The van der Waals surface area contributed by atoms with Crippen molar-refractivity contribution in [2.24, 2.45) is 0 Å². The summed E-state index contributed by atoms with van der Waals surface area (Å²) in [6.07, 6.45) is -3.92. The van der Waals surface area contributed by atoms with Crippen LogP contribution in [0.5, 0.6) is 5.75 Å². The van der Waals surface area contributed by atoms with E-state index in [2.05, 4.69) is 4.72 Å². The second-order valence-electron chi connectivity index (χ2n) is 8.53. The van der Waals surface area contributed by atoms with Gasteiger partial charge in [0.1, 0.15) is 11.4 Å². The summed E-state index contributed by atoms with van der Waals surface area (Å²) in [7, 11) is -2.32. The number of halogens is 3. The number of hydrogen-bond acceptors (Lipinski definition) is 4. The molecule has 3 heterocycles. The number of alkyl halides is 3. The molecule has 3 aromatic rings. The molecule has 1 fully saturated rings. The fourth-order valence-corrected chi connectivity index (χ4v) is 5.50. The summed E-state index contributed by atoms with van der Waals surface area (Å²) in [5.41, 5.74) is -0.691. The van der Waals surface area contributed by atoms with Crippen molar-refractivity contribution in [1.82, 2.24) is 14.2 Å². The zero-order valence-electron chi connectivity index (χ0n) is 18.7. The molecule has 0 radical (unpaired) electrons. The predicted octanol–water partition coefficient (Wildman–Crippen LogP) is 3.93. The molecule has 5 rings (SSSR count). The van der Waals surface area contributed by atoms with Gasteiger partial charge in [0, 0.05) is 31.5 Å². The number of nitrogens with zero attached hydrogens (tertiary/aromatic N) is 2. The number of carbonyl (C=O) groups is 1. The van der Waals surface area contributed by atoms with Crippen molar-refractivity contribution in [3.8, 4) is 11.4 Å². The van der Waals surface area contributed by atoms with E-state index in [0.29, 0.717) is 35.5 Å². The van der Waals surface area contributed by atoms with Gasteiger partial charge in [0.15, 0.2) is 5.60 Å². The average molecular weight is 506 g/mol. The predicted molar refractivity (Wildman–Crippen MR) is 121 cm³/mol. The van der Waals surface area contributed by atoms with Gasteiger partial charge in [-0.05, 0) is 55.6 Å². The van der Waals surface area contributed by atoms with Gasteiger partial charge in [0.2, 0.25) is 10.0 Å². The maximum Gasteiger partial charge on any atom is 0.431 e. The quantitative estimate of drug-likeness (QED) is 0.585. The van der Waals surface area contributed by atoms with Crippen molar-refractivity contribution in [1.29, 1.82) is 0 Å². The lowest BCUT2D eigenvalue weighted by Gasteiger charge is -2.45. The number of aromatic nitrogens is 1. The minimum absolute atomic E-state index is 0.0460. The first-order chi connectivity index (χ1) is 16.6. The van der Waals surface area contributed by atoms with Crippen LogP contribution in [0.3, 0.4) is 0 Å². The van der Waals surface area contributed by atoms with Gasteiger partial charge in [-0.25, -0.2) is 13.1 Å². The number of sulfonamides is 1. The Kier molecular flexibility index (Phi) is 5.44. The lowest BCUT2D eigenvalue weighted by Crippen LogP contribution is -2.50. The van der Waals surface area contributed by atoms with Crippen LogP contribution in [0, 0.1) is 0 Å². The third kappa shape index (κ3) is 3.88. The number of benzene rings is 2. The van der Waals surface area contributed by atoms with E-state index in [4.69, 9.17) is 4.74 Å².